The zero-order chi connectivity index (χ0) is 10.9. The minimum absolute atomic E-state index is 0.405. The highest BCUT2D eigenvalue weighted by atomic mass is 15.0. The van der Waals surface area contributed by atoms with Crippen molar-refractivity contribution in [3.63, 3.8) is 0 Å². The second-order valence-corrected chi connectivity index (χ2v) is 5.60. The van der Waals surface area contributed by atoms with Gasteiger partial charge in [-0.1, -0.05) is 20.8 Å². The van der Waals surface area contributed by atoms with Gasteiger partial charge in [0, 0.05) is 17.4 Å². The van der Waals surface area contributed by atoms with E-state index in [1.54, 1.807) is 0 Å². The van der Waals surface area contributed by atoms with Crippen molar-refractivity contribution in [1.29, 1.82) is 0 Å². The van der Waals surface area contributed by atoms with Gasteiger partial charge in [-0.15, -0.1) is 0 Å². The molecule has 0 aliphatic carbocycles. The Morgan fingerprint density at radius 2 is 1.57 bits per heavy atom. The summed E-state index contributed by atoms with van der Waals surface area (Å²) in [6, 6.07) is 5.01. The molecule has 14 heavy (non-hydrogen) atoms. The molecule has 0 bridgehead atoms. The average Bonchev–Trinajstić information content (AvgIpc) is 2.27. The topological polar surface area (TPSA) is 4.93 Å². The summed E-state index contributed by atoms with van der Waals surface area (Å²) in [5, 5.41) is 0. The number of hydrogen-bond acceptors (Lipinski definition) is 0. The van der Waals surface area contributed by atoms with E-state index >= 15 is 0 Å². The number of hydrogen-bond donors (Lipinski definition) is 0. The lowest BCUT2D eigenvalue weighted by Gasteiger charge is -2.26. The largest absolute Gasteiger partial charge is 0.346 e. The van der Waals surface area contributed by atoms with Gasteiger partial charge in [0.1, 0.15) is 0 Å². The van der Waals surface area contributed by atoms with Crippen molar-refractivity contribution in [3.8, 4) is 0 Å². The molecule has 1 rings (SSSR count). The minimum Gasteiger partial charge on any atom is -0.346 e. The lowest BCUT2D eigenvalue weighted by atomic mass is 9.88. The van der Waals surface area contributed by atoms with Crippen LogP contribution in [-0.2, 0) is 0 Å². The Kier molecular flexibility index (Phi) is 3.08. The first-order valence-electron chi connectivity index (χ1n) is 5.46. The van der Waals surface area contributed by atoms with Crippen molar-refractivity contribution in [2.24, 2.45) is 5.41 Å². The van der Waals surface area contributed by atoms with Crippen LogP contribution in [0.25, 0.3) is 0 Å². The fourth-order valence-corrected chi connectivity index (χ4v) is 2.35. The molecule has 1 nitrogen and oxygen atoms in total. The Hall–Kier alpha value is -0.720. The van der Waals surface area contributed by atoms with Crippen LogP contribution < -0.4 is 0 Å². The van der Waals surface area contributed by atoms with Crippen LogP contribution in [0.1, 0.15) is 51.5 Å². The second-order valence-electron chi connectivity index (χ2n) is 5.60. The first-order valence-corrected chi connectivity index (χ1v) is 5.46. The summed E-state index contributed by atoms with van der Waals surface area (Å²) >= 11 is 0. The number of rotatable bonds is 2. The molecular formula is C13H23N. The average molecular weight is 193 g/mol. The summed E-state index contributed by atoms with van der Waals surface area (Å²) in [6.45, 7) is 13.6. The summed E-state index contributed by atoms with van der Waals surface area (Å²) in [7, 11) is 0. The maximum atomic E-state index is 2.44. The first kappa shape index (κ1) is 11.4. The molecule has 80 valence electrons. The molecule has 1 heterocycles. The van der Waals surface area contributed by atoms with E-state index in [-0.39, 0.29) is 0 Å². The number of aromatic nitrogens is 1. The second kappa shape index (κ2) is 3.80. The SMILES string of the molecule is Cc1ccc(C)n1C(C)CC(C)(C)C. The third-order valence-electron chi connectivity index (χ3n) is 2.67. The normalized spacial score (nSPS) is 14.4. The van der Waals surface area contributed by atoms with Crippen LogP contribution in [0.2, 0.25) is 0 Å². The quantitative estimate of drug-likeness (QED) is 0.666. The highest BCUT2D eigenvalue weighted by molar-refractivity contribution is 5.14. The van der Waals surface area contributed by atoms with E-state index in [0.29, 0.717) is 11.5 Å². The molecule has 1 atom stereocenters. The summed E-state index contributed by atoms with van der Waals surface area (Å²) in [5.74, 6) is 0. The molecule has 1 unspecified atom stereocenters. The lowest BCUT2D eigenvalue weighted by Crippen LogP contribution is -2.16. The molecule has 0 spiro atoms. The molecule has 0 saturated heterocycles. The van der Waals surface area contributed by atoms with Gasteiger partial charge in [-0.3, -0.25) is 0 Å². The van der Waals surface area contributed by atoms with Gasteiger partial charge in [-0.05, 0) is 44.7 Å². The van der Waals surface area contributed by atoms with E-state index in [9.17, 15) is 0 Å². The Morgan fingerprint density at radius 3 is 1.93 bits per heavy atom. The van der Waals surface area contributed by atoms with Gasteiger partial charge in [0.05, 0.1) is 0 Å². The molecule has 0 fully saturated rings. The highest BCUT2D eigenvalue weighted by Gasteiger charge is 2.17. The molecule has 0 aromatic carbocycles. The Morgan fingerprint density at radius 1 is 1.14 bits per heavy atom. The predicted octanol–water partition coefficient (Wildman–Crippen LogP) is 4.10. The van der Waals surface area contributed by atoms with Crippen LogP contribution in [0.5, 0.6) is 0 Å². The van der Waals surface area contributed by atoms with E-state index in [2.05, 4.69) is 58.2 Å². The maximum absolute atomic E-state index is 2.44. The van der Waals surface area contributed by atoms with Crippen LogP contribution in [0, 0.1) is 19.3 Å². The molecule has 0 aliphatic rings. The van der Waals surface area contributed by atoms with Gasteiger partial charge in [-0.25, -0.2) is 0 Å². The van der Waals surface area contributed by atoms with Crippen molar-refractivity contribution >= 4 is 0 Å². The Labute approximate surface area is 88.1 Å². The van der Waals surface area contributed by atoms with Gasteiger partial charge in [0.2, 0.25) is 0 Å². The van der Waals surface area contributed by atoms with Crippen LogP contribution in [0.4, 0.5) is 0 Å². The molecule has 1 aromatic heterocycles. The zero-order valence-corrected chi connectivity index (χ0v) is 10.4. The van der Waals surface area contributed by atoms with Crippen LogP contribution in [-0.4, -0.2) is 4.57 Å². The fourth-order valence-electron chi connectivity index (χ4n) is 2.35. The van der Waals surface area contributed by atoms with Gasteiger partial charge < -0.3 is 4.57 Å². The summed E-state index contributed by atoms with van der Waals surface area (Å²) in [6.07, 6.45) is 1.23. The first-order chi connectivity index (χ1) is 6.31. The van der Waals surface area contributed by atoms with Crippen molar-refractivity contribution < 1.29 is 0 Å². The van der Waals surface area contributed by atoms with E-state index in [0.717, 1.165) is 0 Å². The zero-order valence-electron chi connectivity index (χ0n) is 10.4. The third kappa shape index (κ3) is 2.63. The summed E-state index contributed by atoms with van der Waals surface area (Å²) < 4.78 is 2.44. The molecule has 1 heteroatoms. The number of nitrogens with zero attached hydrogens (tertiary/aromatic N) is 1. The standard InChI is InChI=1S/C13H23N/c1-10-7-8-11(2)14(10)12(3)9-13(4,5)6/h7-8,12H,9H2,1-6H3. The van der Waals surface area contributed by atoms with Crippen molar-refractivity contribution in [2.75, 3.05) is 0 Å². The summed E-state index contributed by atoms with van der Waals surface area (Å²) in [4.78, 5) is 0. The molecule has 0 amide bonds. The summed E-state index contributed by atoms with van der Waals surface area (Å²) in [5.41, 5.74) is 3.15. The molecule has 0 saturated carbocycles. The van der Waals surface area contributed by atoms with Crippen molar-refractivity contribution in [1.82, 2.24) is 4.57 Å². The van der Waals surface area contributed by atoms with Gasteiger partial charge in [0.15, 0.2) is 0 Å². The van der Waals surface area contributed by atoms with E-state index in [1.807, 2.05) is 0 Å². The minimum atomic E-state index is 0.405. The highest BCUT2D eigenvalue weighted by Crippen LogP contribution is 2.29. The number of aryl methyl sites for hydroxylation is 2. The fraction of sp³-hybridized carbons (Fsp3) is 0.692. The predicted molar refractivity (Wildman–Crippen MR) is 62.7 cm³/mol. The molecule has 0 N–H and O–H groups in total. The van der Waals surface area contributed by atoms with Crippen molar-refractivity contribution in [3.05, 3.63) is 23.5 Å². The molecular weight excluding hydrogens is 170 g/mol. The van der Waals surface area contributed by atoms with E-state index < -0.39 is 0 Å². The van der Waals surface area contributed by atoms with E-state index in [1.165, 1.54) is 17.8 Å². The van der Waals surface area contributed by atoms with Crippen molar-refractivity contribution in [2.45, 2.75) is 54.0 Å². The van der Waals surface area contributed by atoms with Crippen LogP contribution in [0.3, 0.4) is 0 Å². The third-order valence-corrected chi connectivity index (χ3v) is 2.67. The molecule has 0 radical (unpaired) electrons. The monoisotopic (exact) mass is 193 g/mol. The van der Waals surface area contributed by atoms with E-state index in [4.69, 9.17) is 0 Å². The Balaban J connectivity index is 2.84. The van der Waals surface area contributed by atoms with Crippen LogP contribution in [0.15, 0.2) is 12.1 Å². The van der Waals surface area contributed by atoms with Gasteiger partial charge in [-0.2, -0.15) is 0 Å². The Bertz CT molecular complexity index is 282. The molecule has 0 aliphatic heterocycles. The smallest absolute Gasteiger partial charge is 0.0312 e. The maximum Gasteiger partial charge on any atom is 0.0312 e. The molecule has 1 aromatic rings. The lowest BCUT2D eigenvalue weighted by molar-refractivity contribution is 0.302. The van der Waals surface area contributed by atoms with Gasteiger partial charge >= 0.3 is 0 Å². The van der Waals surface area contributed by atoms with Gasteiger partial charge in [0.25, 0.3) is 0 Å². The van der Waals surface area contributed by atoms with Crippen LogP contribution >= 0.6 is 0 Å².